The van der Waals surface area contributed by atoms with Gasteiger partial charge in [-0.25, -0.2) is 0 Å². The molecule has 1 fully saturated rings. The van der Waals surface area contributed by atoms with Crippen molar-refractivity contribution in [3.63, 3.8) is 0 Å². The lowest BCUT2D eigenvalue weighted by Crippen LogP contribution is -2.44. The summed E-state index contributed by atoms with van der Waals surface area (Å²) in [5, 5.41) is 0.111. The summed E-state index contributed by atoms with van der Waals surface area (Å²) in [4.78, 5) is 14.2. The van der Waals surface area contributed by atoms with E-state index in [4.69, 9.17) is 11.6 Å². The molecule has 0 heterocycles. The maximum atomic E-state index is 12.3. The van der Waals surface area contributed by atoms with Crippen molar-refractivity contribution in [2.45, 2.75) is 50.4 Å². The van der Waals surface area contributed by atoms with E-state index < -0.39 is 0 Å². The van der Waals surface area contributed by atoms with Crippen molar-refractivity contribution in [3.05, 3.63) is 35.4 Å². The van der Waals surface area contributed by atoms with Crippen LogP contribution in [0.1, 0.15) is 36.8 Å². The van der Waals surface area contributed by atoms with Crippen molar-refractivity contribution >= 4 is 17.5 Å². The van der Waals surface area contributed by atoms with Crippen molar-refractivity contribution in [1.82, 2.24) is 4.90 Å². The highest BCUT2D eigenvalue weighted by Gasteiger charge is 2.29. The van der Waals surface area contributed by atoms with E-state index in [0.717, 1.165) is 18.4 Å². The first-order valence-corrected chi connectivity index (χ1v) is 7.47. The highest BCUT2D eigenvalue weighted by molar-refractivity contribution is 6.21. The smallest absolute Gasteiger partial charge is 0.227 e. The van der Waals surface area contributed by atoms with Crippen LogP contribution in [0, 0.1) is 6.92 Å². The van der Waals surface area contributed by atoms with Gasteiger partial charge in [0.1, 0.15) is 0 Å². The second kappa shape index (κ2) is 6.42. The third-order valence-electron chi connectivity index (χ3n) is 3.98. The van der Waals surface area contributed by atoms with E-state index in [9.17, 15) is 4.79 Å². The van der Waals surface area contributed by atoms with Crippen LogP contribution in [0.4, 0.5) is 0 Å². The fraction of sp³-hybridized carbons (Fsp3) is 0.562. The zero-order chi connectivity index (χ0) is 13.8. The molecule has 0 aromatic heterocycles. The predicted octanol–water partition coefficient (Wildman–Crippen LogP) is 3.55. The van der Waals surface area contributed by atoms with Gasteiger partial charge in [-0.3, -0.25) is 4.79 Å². The van der Waals surface area contributed by atoms with Crippen LogP contribution >= 0.6 is 11.6 Å². The number of benzene rings is 1. The number of rotatable bonds is 3. The topological polar surface area (TPSA) is 20.3 Å². The number of alkyl halides is 1. The predicted molar refractivity (Wildman–Crippen MR) is 79.6 cm³/mol. The number of nitrogens with zero attached hydrogens (tertiary/aromatic N) is 1. The summed E-state index contributed by atoms with van der Waals surface area (Å²) in [7, 11) is 1.89. The van der Waals surface area contributed by atoms with Crippen LogP contribution in [-0.4, -0.2) is 29.3 Å². The van der Waals surface area contributed by atoms with Gasteiger partial charge in [-0.1, -0.05) is 42.7 Å². The Kier molecular flexibility index (Phi) is 4.87. The molecule has 2 atom stereocenters. The van der Waals surface area contributed by atoms with Gasteiger partial charge in [-0.05, 0) is 25.3 Å². The minimum atomic E-state index is 0.111. The molecule has 0 aliphatic heterocycles. The minimum absolute atomic E-state index is 0.111. The zero-order valence-electron chi connectivity index (χ0n) is 11.7. The molecule has 0 saturated heterocycles. The Bertz CT molecular complexity index is 446. The maximum Gasteiger partial charge on any atom is 0.227 e. The molecule has 3 heteroatoms. The Morgan fingerprint density at radius 3 is 2.79 bits per heavy atom. The fourth-order valence-corrected chi connectivity index (χ4v) is 3.26. The first-order valence-electron chi connectivity index (χ1n) is 7.03. The molecule has 0 radical (unpaired) electrons. The number of aryl methyl sites for hydroxylation is 1. The fourth-order valence-electron chi connectivity index (χ4n) is 2.81. The summed E-state index contributed by atoms with van der Waals surface area (Å²) in [6, 6.07) is 8.34. The zero-order valence-corrected chi connectivity index (χ0v) is 12.5. The summed E-state index contributed by atoms with van der Waals surface area (Å²) in [5.74, 6) is 0.170. The Hall–Kier alpha value is -1.02. The molecule has 2 unspecified atom stereocenters. The molecule has 1 aliphatic rings. The lowest BCUT2D eigenvalue weighted by Gasteiger charge is -2.35. The van der Waals surface area contributed by atoms with Gasteiger partial charge >= 0.3 is 0 Å². The van der Waals surface area contributed by atoms with Crippen molar-refractivity contribution in [3.8, 4) is 0 Å². The van der Waals surface area contributed by atoms with Gasteiger partial charge in [0.25, 0.3) is 0 Å². The summed E-state index contributed by atoms with van der Waals surface area (Å²) in [6.07, 6.45) is 4.89. The van der Waals surface area contributed by atoms with Crippen LogP contribution in [0.15, 0.2) is 24.3 Å². The van der Waals surface area contributed by atoms with Crippen LogP contribution in [0.3, 0.4) is 0 Å². The molecule has 1 saturated carbocycles. The van der Waals surface area contributed by atoms with E-state index in [0.29, 0.717) is 6.42 Å². The minimum Gasteiger partial charge on any atom is -0.341 e. The summed E-state index contributed by atoms with van der Waals surface area (Å²) < 4.78 is 0. The van der Waals surface area contributed by atoms with Gasteiger partial charge in [0, 0.05) is 13.1 Å². The number of hydrogen-bond donors (Lipinski definition) is 0. The second-order valence-corrected chi connectivity index (χ2v) is 6.10. The number of carbonyl (C=O) groups excluding carboxylic acids is 1. The molecular weight excluding hydrogens is 258 g/mol. The lowest BCUT2D eigenvalue weighted by atomic mass is 9.93. The van der Waals surface area contributed by atoms with Crippen LogP contribution < -0.4 is 0 Å². The Balaban J connectivity index is 1.99. The van der Waals surface area contributed by atoms with Gasteiger partial charge in [0.2, 0.25) is 5.91 Å². The van der Waals surface area contributed by atoms with Crippen molar-refractivity contribution in [2.75, 3.05) is 7.05 Å². The Morgan fingerprint density at radius 1 is 1.37 bits per heavy atom. The molecule has 0 bridgehead atoms. The molecular formula is C16H22ClNO. The SMILES string of the molecule is Cc1cccc(CC(=O)N(C)C2CCCCC2Cl)c1. The van der Waals surface area contributed by atoms with Crippen LogP contribution in [0.5, 0.6) is 0 Å². The number of hydrogen-bond acceptors (Lipinski definition) is 1. The molecule has 0 spiro atoms. The maximum absolute atomic E-state index is 12.3. The van der Waals surface area contributed by atoms with Gasteiger partial charge < -0.3 is 4.90 Å². The molecule has 1 aromatic rings. The summed E-state index contributed by atoms with van der Waals surface area (Å²) in [6.45, 7) is 2.05. The van der Waals surface area contributed by atoms with E-state index in [1.165, 1.54) is 18.4 Å². The quantitative estimate of drug-likeness (QED) is 0.775. The van der Waals surface area contributed by atoms with Gasteiger partial charge in [0.05, 0.1) is 11.8 Å². The summed E-state index contributed by atoms with van der Waals surface area (Å²) >= 11 is 6.36. The Labute approximate surface area is 120 Å². The van der Waals surface area contributed by atoms with Crippen molar-refractivity contribution in [2.24, 2.45) is 0 Å². The molecule has 1 aliphatic carbocycles. The Morgan fingerprint density at radius 2 is 2.11 bits per heavy atom. The highest BCUT2D eigenvalue weighted by Crippen LogP contribution is 2.27. The van der Waals surface area contributed by atoms with E-state index in [2.05, 4.69) is 6.07 Å². The third-order valence-corrected chi connectivity index (χ3v) is 4.49. The first kappa shape index (κ1) is 14.4. The van der Waals surface area contributed by atoms with Crippen molar-refractivity contribution in [1.29, 1.82) is 0 Å². The monoisotopic (exact) mass is 279 g/mol. The second-order valence-electron chi connectivity index (χ2n) is 5.54. The van der Waals surface area contributed by atoms with E-state index in [1.807, 2.05) is 37.1 Å². The molecule has 104 valence electrons. The van der Waals surface area contributed by atoms with E-state index in [1.54, 1.807) is 0 Å². The van der Waals surface area contributed by atoms with Gasteiger partial charge in [0.15, 0.2) is 0 Å². The van der Waals surface area contributed by atoms with Crippen LogP contribution in [0.25, 0.3) is 0 Å². The summed E-state index contributed by atoms with van der Waals surface area (Å²) in [5.41, 5.74) is 2.28. The lowest BCUT2D eigenvalue weighted by molar-refractivity contribution is -0.131. The average molecular weight is 280 g/mol. The van der Waals surface area contributed by atoms with Gasteiger partial charge in [-0.2, -0.15) is 0 Å². The number of carbonyl (C=O) groups is 1. The largest absolute Gasteiger partial charge is 0.341 e. The molecule has 2 nitrogen and oxygen atoms in total. The third kappa shape index (κ3) is 3.73. The number of amides is 1. The molecule has 1 amide bonds. The standard InChI is InChI=1S/C16H22ClNO/c1-12-6-5-7-13(10-12)11-16(19)18(2)15-9-4-3-8-14(15)17/h5-7,10,14-15H,3-4,8-9,11H2,1-2H3. The molecule has 2 rings (SSSR count). The molecule has 0 N–H and O–H groups in total. The number of halogens is 1. The average Bonchev–Trinajstić information content (AvgIpc) is 2.38. The van der Waals surface area contributed by atoms with E-state index >= 15 is 0 Å². The normalized spacial score (nSPS) is 23.1. The van der Waals surface area contributed by atoms with Gasteiger partial charge in [-0.15, -0.1) is 11.6 Å². The van der Waals surface area contributed by atoms with Crippen LogP contribution in [-0.2, 0) is 11.2 Å². The number of likely N-dealkylation sites (N-methyl/N-ethyl adjacent to an activating group) is 1. The molecule has 19 heavy (non-hydrogen) atoms. The molecule has 1 aromatic carbocycles. The van der Waals surface area contributed by atoms with E-state index in [-0.39, 0.29) is 17.3 Å². The highest BCUT2D eigenvalue weighted by atomic mass is 35.5. The van der Waals surface area contributed by atoms with Crippen LogP contribution in [0.2, 0.25) is 0 Å². The first-order chi connectivity index (χ1) is 9.08. The van der Waals surface area contributed by atoms with Crippen molar-refractivity contribution < 1.29 is 4.79 Å².